The quantitative estimate of drug-likeness (QED) is 0.591. The van der Waals surface area contributed by atoms with Crippen LogP contribution < -0.4 is 11.3 Å². The van der Waals surface area contributed by atoms with Gasteiger partial charge in [0.25, 0.3) is 5.56 Å². The highest BCUT2D eigenvalue weighted by Gasteiger charge is 2.63. The summed E-state index contributed by atoms with van der Waals surface area (Å²) in [7, 11) is -3.17. The lowest BCUT2D eigenvalue weighted by molar-refractivity contribution is -0.173. The second-order valence-electron chi connectivity index (χ2n) is 6.15. The first-order valence-corrected chi connectivity index (χ1v) is 9.38. The fraction of sp³-hybridized carbons (Fsp3) is 0.615. The van der Waals surface area contributed by atoms with Gasteiger partial charge in [-0.25, -0.2) is 9.55 Å². The minimum absolute atomic E-state index is 0.0643. The van der Waals surface area contributed by atoms with Crippen LogP contribution in [-0.4, -0.2) is 55.9 Å². The molecule has 4 N–H and O–H groups in total. The number of anilines is 1. The summed E-state index contributed by atoms with van der Waals surface area (Å²) in [5.41, 5.74) is 4.52. The number of aromatic amines is 1. The van der Waals surface area contributed by atoms with E-state index in [0.717, 1.165) is 7.11 Å². The molecule has 12 nitrogen and oxygen atoms in total. The molecule has 2 aromatic heterocycles. The number of aromatic nitrogens is 4. The zero-order valence-electron chi connectivity index (χ0n) is 14.0. The fourth-order valence-corrected chi connectivity index (χ4v) is 4.11. The van der Waals surface area contributed by atoms with E-state index >= 15 is 0 Å². The molecule has 4 heterocycles. The Balaban J connectivity index is 1.76. The largest absolute Gasteiger partial charge is 0.472 e. The summed E-state index contributed by atoms with van der Waals surface area (Å²) in [6.07, 6.45) is -0.465. The van der Waals surface area contributed by atoms with Crippen molar-refractivity contribution in [2.45, 2.75) is 37.4 Å². The van der Waals surface area contributed by atoms with Crippen molar-refractivity contribution in [3.8, 4) is 0 Å². The Morgan fingerprint density at radius 2 is 2.38 bits per heavy atom. The molecule has 0 aromatic carbocycles. The first kappa shape index (κ1) is 17.6. The van der Waals surface area contributed by atoms with Crippen molar-refractivity contribution in [3.63, 3.8) is 0 Å². The minimum Gasteiger partial charge on any atom is -0.369 e. The van der Waals surface area contributed by atoms with Gasteiger partial charge in [0.2, 0.25) is 5.95 Å². The Labute approximate surface area is 146 Å². The van der Waals surface area contributed by atoms with Gasteiger partial charge in [0, 0.05) is 7.11 Å². The molecule has 5 atom stereocenters. The predicted octanol–water partition coefficient (Wildman–Crippen LogP) is -0.0898. The van der Waals surface area contributed by atoms with E-state index in [4.69, 9.17) is 19.7 Å². The molecule has 2 aliphatic heterocycles. The first-order valence-electron chi connectivity index (χ1n) is 7.89. The van der Waals surface area contributed by atoms with Gasteiger partial charge < -0.3 is 20.1 Å². The van der Waals surface area contributed by atoms with Crippen LogP contribution in [0.5, 0.6) is 0 Å². The van der Waals surface area contributed by atoms with Crippen LogP contribution in [0, 0.1) is 0 Å². The van der Waals surface area contributed by atoms with E-state index in [1.54, 1.807) is 0 Å². The van der Waals surface area contributed by atoms with Gasteiger partial charge in [0.1, 0.15) is 17.8 Å². The van der Waals surface area contributed by atoms with E-state index in [9.17, 15) is 14.3 Å². The molecule has 2 bridgehead atoms. The third-order valence-electron chi connectivity index (χ3n) is 4.77. The molecule has 13 heteroatoms. The molecule has 2 fully saturated rings. The zero-order chi connectivity index (χ0) is 18.7. The average Bonchev–Trinajstić information content (AvgIpc) is 3.25. The smallest absolute Gasteiger partial charge is 0.369 e. The molecule has 0 amide bonds. The number of nitrogens with zero attached hydrogens (tertiary/aromatic N) is 3. The summed E-state index contributed by atoms with van der Waals surface area (Å²) in [6.45, 7) is 2.05. The van der Waals surface area contributed by atoms with Crippen molar-refractivity contribution in [3.05, 3.63) is 16.7 Å². The molecule has 2 aromatic rings. The summed E-state index contributed by atoms with van der Waals surface area (Å²) in [4.78, 5) is 32.2. The van der Waals surface area contributed by atoms with Gasteiger partial charge in [-0.2, -0.15) is 4.98 Å². The molecule has 3 unspecified atom stereocenters. The second kappa shape index (κ2) is 5.84. The van der Waals surface area contributed by atoms with Crippen molar-refractivity contribution >= 4 is 24.9 Å². The predicted molar refractivity (Wildman–Crippen MR) is 87.2 cm³/mol. The van der Waals surface area contributed by atoms with Crippen LogP contribution in [0.1, 0.15) is 19.6 Å². The molecule has 2 aliphatic rings. The van der Waals surface area contributed by atoms with Crippen molar-refractivity contribution in [2.24, 2.45) is 0 Å². The van der Waals surface area contributed by atoms with Gasteiger partial charge >= 0.3 is 7.82 Å². The molecule has 2 saturated heterocycles. The Morgan fingerprint density at radius 3 is 3.08 bits per heavy atom. The monoisotopic (exact) mass is 387 g/mol. The lowest BCUT2D eigenvalue weighted by Crippen LogP contribution is -2.40. The standard InChI is InChI=1S/C13H18N5O7P/c1-3-13-4-23-7(8(13)25-26(20,21)22-2)11(24-13)18-5-15-6-9(18)16-12(14)17-10(6)19/h5,7-8,11H,3-4H2,1-2H3,(H,20,21)(H3,14,16,17,19)/t7-,8?,11+,13?/m0/s1. The number of rotatable bonds is 5. The van der Waals surface area contributed by atoms with Crippen LogP contribution >= 0.6 is 7.82 Å². The maximum atomic E-state index is 12.0. The molecular weight excluding hydrogens is 369 g/mol. The Kier molecular flexibility index (Phi) is 3.95. The number of imidazole rings is 1. The van der Waals surface area contributed by atoms with Gasteiger partial charge in [-0.1, -0.05) is 6.92 Å². The van der Waals surface area contributed by atoms with Gasteiger partial charge in [0.05, 0.1) is 12.9 Å². The molecule has 26 heavy (non-hydrogen) atoms. The lowest BCUT2D eigenvalue weighted by atomic mass is 9.96. The van der Waals surface area contributed by atoms with Crippen LogP contribution in [0.4, 0.5) is 5.95 Å². The van der Waals surface area contributed by atoms with E-state index in [1.807, 2.05) is 6.92 Å². The summed E-state index contributed by atoms with van der Waals surface area (Å²) >= 11 is 0. The Bertz CT molecular complexity index is 960. The summed E-state index contributed by atoms with van der Waals surface area (Å²) < 4.78 is 35.1. The van der Waals surface area contributed by atoms with Crippen molar-refractivity contribution < 1.29 is 28.0 Å². The number of nitrogens with two attached hydrogens (primary N) is 1. The molecule has 0 spiro atoms. The van der Waals surface area contributed by atoms with Gasteiger partial charge in [-0.05, 0) is 6.42 Å². The van der Waals surface area contributed by atoms with E-state index < -0.39 is 37.4 Å². The lowest BCUT2D eigenvalue weighted by Gasteiger charge is -2.30. The Morgan fingerprint density at radius 1 is 1.62 bits per heavy atom. The number of nitrogen functional groups attached to an aromatic ring is 1. The molecule has 4 rings (SSSR count). The van der Waals surface area contributed by atoms with Gasteiger partial charge in [0.15, 0.2) is 17.4 Å². The summed E-state index contributed by atoms with van der Waals surface area (Å²) in [6, 6.07) is 0. The van der Waals surface area contributed by atoms with Crippen molar-refractivity contribution in [1.82, 2.24) is 19.5 Å². The summed E-state index contributed by atoms with van der Waals surface area (Å²) in [5, 5.41) is 0. The van der Waals surface area contributed by atoms with Crippen LogP contribution in [0.15, 0.2) is 11.1 Å². The number of phosphoric acid groups is 1. The fourth-order valence-electron chi connectivity index (χ4n) is 3.42. The third kappa shape index (κ3) is 2.49. The number of hydrogen-bond acceptors (Lipinski definition) is 9. The Hall–Kier alpha value is -1.82. The normalized spacial score (nSPS) is 33.0. The number of ether oxygens (including phenoxy) is 2. The number of nitrogens with one attached hydrogen (secondary N) is 1. The highest BCUT2D eigenvalue weighted by molar-refractivity contribution is 7.47. The highest BCUT2D eigenvalue weighted by Crippen LogP contribution is 2.55. The van der Waals surface area contributed by atoms with Crippen molar-refractivity contribution in [1.29, 1.82) is 0 Å². The number of phosphoric ester groups is 1. The van der Waals surface area contributed by atoms with E-state index in [-0.39, 0.29) is 23.7 Å². The van der Waals surface area contributed by atoms with Crippen LogP contribution in [-0.2, 0) is 23.1 Å². The molecule has 0 aliphatic carbocycles. The van der Waals surface area contributed by atoms with E-state index in [1.165, 1.54) is 10.9 Å². The van der Waals surface area contributed by atoms with Gasteiger partial charge in [-0.3, -0.25) is 23.4 Å². The SMILES string of the molecule is CCC12CO[C@@H](C1OP(=O)(O)OC)[C@H](n1cnc3c(=O)[nH]c(N)nc31)O2. The topological polar surface area (TPSA) is 164 Å². The van der Waals surface area contributed by atoms with Crippen LogP contribution in [0.3, 0.4) is 0 Å². The molecule has 0 saturated carbocycles. The van der Waals surface area contributed by atoms with Crippen molar-refractivity contribution in [2.75, 3.05) is 19.5 Å². The first-order chi connectivity index (χ1) is 12.3. The number of fused-ring (bicyclic) bond motifs is 3. The van der Waals surface area contributed by atoms with E-state index in [2.05, 4.69) is 19.5 Å². The average molecular weight is 387 g/mol. The van der Waals surface area contributed by atoms with Crippen LogP contribution in [0.25, 0.3) is 11.2 Å². The zero-order valence-corrected chi connectivity index (χ0v) is 14.9. The molecule has 142 valence electrons. The number of hydrogen-bond donors (Lipinski definition) is 3. The van der Waals surface area contributed by atoms with E-state index in [0.29, 0.717) is 6.42 Å². The molecular formula is C13H18N5O7P. The van der Waals surface area contributed by atoms with Gasteiger partial charge in [-0.15, -0.1) is 0 Å². The molecule has 0 radical (unpaired) electrons. The summed E-state index contributed by atoms with van der Waals surface area (Å²) in [5.74, 6) is -0.0643. The second-order valence-corrected chi connectivity index (χ2v) is 7.67. The van der Waals surface area contributed by atoms with Crippen LogP contribution in [0.2, 0.25) is 0 Å². The highest BCUT2D eigenvalue weighted by atomic mass is 31.2. The third-order valence-corrected chi connectivity index (χ3v) is 5.73. The maximum Gasteiger partial charge on any atom is 0.472 e. The maximum absolute atomic E-state index is 12.0. The minimum atomic E-state index is -4.26. The number of H-pyrrole nitrogens is 1.